The van der Waals surface area contributed by atoms with Crippen molar-refractivity contribution in [2.75, 3.05) is 26.2 Å². The molecule has 0 saturated carbocycles. The summed E-state index contributed by atoms with van der Waals surface area (Å²) in [7, 11) is 0. The van der Waals surface area contributed by atoms with Crippen molar-refractivity contribution in [2.45, 2.75) is 39.2 Å². The van der Waals surface area contributed by atoms with Crippen molar-refractivity contribution in [3.05, 3.63) is 0 Å². The fourth-order valence-corrected chi connectivity index (χ4v) is 2.49. The quantitative estimate of drug-likeness (QED) is 0.716. The summed E-state index contributed by atoms with van der Waals surface area (Å²) < 4.78 is 0. The van der Waals surface area contributed by atoms with E-state index >= 15 is 0 Å². The van der Waals surface area contributed by atoms with E-state index in [0.29, 0.717) is 12.3 Å². The number of rotatable bonds is 3. The first kappa shape index (κ1) is 13.2. The van der Waals surface area contributed by atoms with Gasteiger partial charge in [0.25, 0.3) is 5.91 Å². The summed E-state index contributed by atoms with van der Waals surface area (Å²) in [5.41, 5.74) is 0.557. The van der Waals surface area contributed by atoms with Crippen LogP contribution in [-0.4, -0.2) is 60.1 Å². The summed E-state index contributed by atoms with van der Waals surface area (Å²) in [5, 5.41) is 4.01. The highest BCUT2D eigenvalue weighted by Crippen LogP contribution is 2.12. The van der Waals surface area contributed by atoms with E-state index in [9.17, 15) is 4.79 Å². The highest BCUT2D eigenvalue weighted by atomic mass is 16.2. The third-order valence-corrected chi connectivity index (χ3v) is 3.44. The fraction of sp³-hybridized carbons (Fsp3) is 0.769. The summed E-state index contributed by atoms with van der Waals surface area (Å²) in [6.45, 7) is 7.52. The molecular formula is C13H23N4O+. The van der Waals surface area contributed by atoms with Crippen LogP contribution in [0.5, 0.6) is 0 Å². The molecule has 1 amide bonds. The minimum atomic E-state index is 0.0263. The number of carbonyl (C=O) groups is 1. The van der Waals surface area contributed by atoms with Crippen LogP contribution in [0, 0.1) is 0 Å². The zero-order valence-corrected chi connectivity index (χ0v) is 11.4. The molecule has 1 saturated heterocycles. The van der Waals surface area contributed by atoms with E-state index in [4.69, 9.17) is 0 Å². The Hall–Kier alpha value is -1.23. The molecule has 100 valence electrons. The van der Waals surface area contributed by atoms with Gasteiger partial charge < -0.3 is 0 Å². The molecule has 0 aromatic carbocycles. The van der Waals surface area contributed by atoms with Crippen LogP contribution in [0.4, 0.5) is 0 Å². The normalized spacial score (nSPS) is 24.8. The van der Waals surface area contributed by atoms with Gasteiger partial charge >= 0.3 is 0 Å². The number of hydrazine groups is 1. The van der Waals surface area contributed by atoms with Crippen molar-refractivity contribution in [1.82, 2.24) is 10.0 Å². The smallest absolute Gasteiger partial charge is 0.270 e. The molecule has 1 N–H and O–H groups in total. The predicted molar refractivity (Wildman–Crippen MR) is 71.6 cm³/mol. The number of hydrogen-bond donors (Lipinski definition) is 1. The highest BCUT2D eigenvalue weighted by molar-refractivity contribution is 6.59. The Bertz CT molecular complexity index is 358. The summed E-state index contributed by atoms with van der Waals surface area (Å²) >= 11 is 0. The molecule has 0 radical (unpaired) electrons. The molecule has 0 aliphatic carbocycles. The molecule has 2 aliphatic rings. The van der Waals surface area contributed by atoms with E-state index in [1.165, 1.54) is 19.3 Å². The third kappa shape index (κ3) is 2.96. The molecule has 0 spiro atoms. The Kier molecular flexibility index (Phi) is 4.47. The number of nitrogens with one attached hydrogen (secondary N) is 1. The Morgan fingerprint density at radius 3 is 2.83 bits per heavy atom. The first-order valence-corrected chi connectivity index (χ1v) is 6.93. The molecule has 0 aromatic heterocycles. The van der Waals surface area contributed by atoms with Crippen LogP contribution in [0.15, 0.2) is 4.99 Å². The Morgan fingerprint density at radius 1 is 1.50 bits per heavy atom. The Balaban J connectivity index is 2.07. The second-order valence-electron chi connectivity index (χ2n) is 4.95. The van der Waals surface area contributed by atoms with E-state index < -0.39 is 0 Å². The minimum Gasteiger partial charge on any atom is -0.270 e. The van der Waals surface area contributed by atoms with Crippen molar-refractivity contribution in [3.63, 3.8) is 0 Å². The van der Waals surface area contributed by atoms with Crippen LogP contribution in [0.1, 0.15) is 33.1 Å². The van der Waals surface area contributed by atoms with Gasteiger partial charge in [-0.15, -0.1) is 0 Å². The van der Waals surface area contributed by atoms with Crippen molar-refractivity contribution in [3.8, 4) is 0 Å². The monoisotopic (exact) mass is 251 g/mol. The lowest BCUT2D eigenvalue weighted by molar-refractivity contribution is -0.453. The number of amides is 1. The maximum absolute atomic E-state index is 12.5. The van der Waals surface area contributed by atoms with E-state index in [0.717, 1.165) is 19.6 Å². The molecule has 5 heteroatoms. The van der Waals surface area contributed by atoms with Gasteiger partial charge in [-0.25, -0.2) is 10.0 Å². The SMILES string of the molecule is CCN(C(=O)C1=NC(C)C[NH+]=C1)N1CCCCC1. The number of aliphatic imine (C=N–C) groups is 1. The van der Waals surface area contributed by atoms with Gasteiger partial charge in [0.05, 0.1) is 0 Å². The Morgan fingerprint density at radius 2 is 2.22 bits per heavy atom. The van der Waals surface area contributed by atoms with Crippen molar-refractivity contribution < 1.29 is 9.79 Å². The Labute approximate surface area is 109 Å². The number of hydrogen-bond acceptors (Lipinski definition) is 3. The van der Waals surface area contributed by atoms with Gasteiger partial charge in [0.1, 0.15) is 6.04 Å². The molecule has 1 fully saturated rings. The molecule has 1 unspecified atom stereocenters. The average molecular weight is 251 g/mol. The van der Waals surface area contributed by atoms with Crippen LogP contribution in [0.25, 0.3) is 0 Å². The second kappa shape index (κ2) is 6.09. The standard InChI is InChI=1S/C13H22N4O/c1-3-17(16-7-5-4-6-8-16)13(18)12-10-14-9-11(2)15-12/h10-11H,3-9H2,1-2H3/p+1. The number of piperidine rings is 1. The summed E-state index contributed by atoms with van der Waals surface area (Å²) in [6, 6.07) is 0.175. The molecule has 5 nitrogen and oxygen atoms in total. The van der Waals surface area contributed by atoms with Gasteiger partial charge in [-0.3, -0.25) is 14.8 Å². The first-order valence-electron chi connectivity index (χ1n) is 6.93. The zero-order chi connectivity index (χ0) is 13.0. The van der Waals surface area contributed by atoms with Crippen LogP contribution in [0.3, 0.4) is 0 Å². The van der Waals surface area contributed by atoms with Gasteiger partial charge in [-0.2, -0.15) is 0 Å². The van der Waals surface area contributed by atoms with Crippen LogP contribution in [-0.2, 0) is 4.79 Å². The van der Waals surface area contributed by atoms with E-state index in [-0.39, 0.29) is 11.9 Å². The van der Waals surface area contributed by atoms with Gasteiger partial charge in [-0.05, 0) is 26.7 Å². The minimum absolute atomic E-state index is 0.0263. The largest absolute Gasteiger partial charge is 0.292 e. The van der Waals surface area contributed by atoms with Crippen LogP contribution in [0.2, 0.25) is 0 Å². The lowest BCUT2D eigenvalue weighted by Gasteiger charge is -2.36. The molecule has 1 atom stereocenters. The van der Waals surface area contributed by atoms with E-state index in [1.54, 1.807) is 6.21 Å². The fourth-order valence-electron chi connectivity index (χ4n) is 2.49. The first-order chi connectivity index (χ1) is 8.72. The molecule has 2 rings (SSSR count). The summed E-state index contributed by atoms with van der Waals surface area (Å²) in [4.78, 5) is 20.0. The molecule has 0 bridgehead atoms. The molecule has 0 aromatic rings. The molecular weight excluding hydrogens is 228 g/mol. The van der Waals surface area contributed by atoms with Gasteiger partial charge in [0, 0.05) is 19.6 Å². The van der Waals surface area contributed by atoms with E-state index in [2.05, 4.69) is 15.0 Å². The lowest BCUT2D eigenvalue weighted by atomic mass is 10.1. The van der Waals surface area contributed by atoms with Crippen molar-refractivity contribution in [2.24, 2.45) is 4.99 Å². The van der Waals surface area contributed by atoms with Crippen molar-refractivity contribution >= 4 is 17.8 Å². The van der Waals surface area contributed by atoms with Crippen LogP contribution >= 0.6 is 0 Å². The zero-order valence-electron chi connectivity index (χ0n) is 11.4. The van der Waals surface area contributed by atoms with Crippen molar-refractivity contribution in [1.29, 1.82) is 0 Å². The van der Waals surface area contributed by atoms with Gasteiger partial charge in [0.2, 0.25) is 0 Å². The maximum Gasteiger partial charge on any atom is 0.292 e. The van der Waals surface area contributed by atoms with Gasteiger partial charge in [0.15, 0.2) is 18.5 Å². The predicted octanol–water partition coefficient (Wildman–Crippen LogP) is -0.770. The average Bonchev–Trinajstić information content (AvgIpc) is 2.41. The van der Waals surface area contributed by atoms with Crippen LogP contribution < -0.4 is 4.99 Å². The summed E-state index contributed by atoms with van der Waals surface area (Å²) in [5.74, 6) is 0.0263. The topological polar surface area (TPSA) is 49.9 Å². The molecule has 2 heterocycles. The maximum atomic E-state index is 12.5. The van der Waals surface area contributed by atoms with E-state index in [1.807, 2.05) is 18.9 Å². The second-order valence-corrected chi connectivity index (χ2v) is 4.95. The summed E-state index contributed by atoms with van der Waals surface area (Å²) in [6.07, 6.45) is 5.37. The molecule has 18 heavy (non-hydrogen) atoms. The highest BCUT2D eigenvalue weighted by Gasteiger charge is 2.27. The van der Waals surface area contributed by atoms with Gasteiger partial charge in [-0.1, -0.05) is 6.42 Å². The molecule has 2 aliphatic heterocycles. The third-order valence-electron chi connectivity index (χ3n) is 3.44. The lowest BCUT2D eigenvalue weighted by Crippen LogP contribution is -2.75. The number of carbonyl (C=O) groups excluding carboxylic acids is 1. The number of nitrogens with zero attached hydrogens (tertiary/aromatic N) is 3.